The van der Waals surface area contributed by atoms with Gasteiger partial charge in [-0.1, -0.05) is 11.6 Å². The zero-order chi connectivity index (χ0) is 16.8. The molecule has 0 aliphatic carbocycles. The maximum atomic E-state index is 12.0. The Morgan fingerprint density at radius 2 is 1.96 bits per heavy atom. The van der Waals surface area contributed by atoms with Crippen LogP contribution in [0.15, 0.2) is 47.6 Å². The van der Waals surface area contributed by atoms with Gasteiger partial charge in [0.25, 0.3) is 0 Å². The molecule has 0 saturated heterocycles. The van der Waals surface area contributed by atoms with E-state index in [2.05, 4.69) is 15.3 Å². The summed E-state index contributed by atoms with van der Waals surface area (Å²) in [6, 6.07) is 10.2. The molecule has 0 aromatic heterocycles. The van der Waals surface area contributed by atoms with E-state index in [9.17, 15) is 13.6 Å². The van der Waals surface area contributed by atoms with Crippen molar-refractivity contribution in [2.75, 3.05) is 5.43 Å². The van der Waals surface area contributed by atoms with Crippen molar-refractivity contribution in [3.8, 4) is 5.75 Å². The van der Waals surface area contributed by atoms with E-state index in [4.69, 9.17) is 16.7 Å². The first kappa shape index (κ1) is 16.7. The van der Waals surface area contributed by atoms with Gasteiger partial charge < -0.3 is 9.84 Å². The second-order valence-electron chi connectivity index (χ2n) is 4.32. The molecule has 0 aliphatic heterocycles. The number of carboxylic acids is 1. The van der Waals surface area contributed by atoms with Crippen molar-refractivity contribution in [1.29, 1.82) is 0 Å². The molecule has 0 aliphatic rings. The summed E-state index contributed by atoms with van der Waals surface area (Å²) in [4.78, 5) is 11.0. The summed E-state index contributed by atoms with van der Waals surface area (Å²) in [5.41, 5.74) is 3.71. The Morgan fingerprint density at radius 3 is 2.57 bits per heavy atom. The van der Waals surface area contributed by atoms with Crippen LogP contribution in [0, 0.1) is 0 Å². The van der Waals surface area contributed by atoms with Crippen LogP contribution in [-0.4, -0.2) is 23.9 Å². The molecule has 0 unspecified atom stereocenters. The minimum atomic E-state index is -2.87. The molecule has 0 bridgehead atoms. The maximum Gasteiger partial charge on any atom is 0.387 e. The Bertz CT molecular complexity index is 721. The largest absolute Gasteiger partial charge is 0.478 e. The van der Waals surface area contributed by atoms with E-state index < -0.39 is 12.6 Å². The van der Waals surface area contributed by atoms with Gasteiger partial charge in [0.15, 0.2) is 0 Å². The van der Waals surface area contributed by atoms with Crippen molar-refractivity contribution in [3.05, 3.63) is 58.6 Å². The zero-order valence-corrected chi connectivity index (χ0v) is 12.3. The molecule has 8 heteroatoms. The molecule has 0 radical (unpaired) electrons. The molecule has 2 aromatic carbocycles. The summed E-state index contributed by atoms with van der Waals surface area (Å²) in [6.45, 7) is -2.87. The van der Waals surface area contributed by atoms with Crippen molar-refractivity contribution in [1.82, 2.24) is 0 Å². The molecule has 0 heterocycles. The molecule has 0 spiro atoms. The fourth-order valence-corrected chi connectivity index (χ4v) is 1.87. The van der Waals surface area contributed by atoms with Gasteiger partial charge in [-0.25, -0.2) is 4.79 Å². The van der Waals surface area contributed by atoms with Gasteiger partial charge in [-0.05, 0) is 48.0 Å². The first-order chi connectivity index (χ1) is 11.0. The highest BCUT2D eigenvalue weighted by Gasteiger charge is 2.08. The Balaban J connectivity index is 2.01. The molecule has 120 valence electrons. The van der Waals surface area contributed by atoms with Crippen LogP contribution in [0.1, 0.15) is 15.9 Å². The molecule has 2 aromatic rings. The molecule has 0 saturated carbocycles. The quantitative estimate of drug-likeness (QED) is 0.614. The molecule has 0 fully saturated rings. The first-order valence-electron chi connectivity index (χ1n) is 6.32. The van der Waals surface area contributed by atoms with Gasteiger partial charge in [-0.2, -0.15) is 13.9 Å². The van der Waals surface area contributed by atoms with E-state index in [1.165, 1.54) is 30.5 Å². The third-order valence-electron chi connectivity index (χ3n) is 2.71. The molecule has 0 atom stereocenters. The topological polar surface area (TPSA) is 70.9 Å². The summed E-state index contributed by atoms with van der Waals surface area (Å²) >= 11 is 5.76. The number of aromatic carboxylic acids is 1. The summed E-state index contributed by atoms with van der Waals surface area (Å²) in [6.07, 6.45) is 1.45. The summed E-state index contributed by atoms with van der Waals surface area (Å²) in [5, 5.41) is 13.0. The lowest BCUT2D eigenvalue weighted by molar-refractivity contribution is -0.0498. The maximum absolute atomic E-state index is 12.0. The molecular formula is C15H11ClF2N2O3. The van der Waals surface area contributed by atoms with Crippen molar-refractivity contribution >= 4 is 29.5 Å². The van der Waals surface area contributed by atoms with Crippen LogP contribution >= 0.6 is 11.6 Å². The highest BCUT2D eigenvalue weighted by atomic mass is 35.5. The Hall–Kier alpha value is -2.67. The number of hydrogen-bond acceptors (Lipinski definition) is 4. The van der Waals surface area contributed by atoms with Crippen molar-refractivity contribution < 1.29 is 23.4 Å². The fourth-order valence-electron chi connectivity index (χ4n) is 1.68. The first-order valence-corrected chi connectivity index (χ1v) is 6.70. The number of anilines is 1. The Labute approximate surface area is 135 Å². The number of halogens is 3. The summed E-state index contributed by atoms with van der Waals surface area (Å²) in [7, 11) is 0. The van der Waals surface area contributed by atoms with Crippen LogP contribution in [0.3, 0.4) is 0 Å². The smallest absolute Gasteiger partial charge is 0.387 e. The molecule has 2 rings (SSSR count). The number of rotatable bonds is 6. The van der Waals surface area contributed by atoms with E-state index in [0.717, 1.165) is 0 Å². The molecule has 2 N–H and O–H groups in total. The third-order valence-corrected chi connectivity index (χ3v) is 3.04. The van der Waals surface area contributed by atoms with E-state index >= 15 is 0 Å². The number of carboxylic acid groups (broad SMARTS) is 1. The van der Waals surface area contributed by atoms with E-state index in [1.807, 2.05) is 0 Å². The number of nitrogens with zero attached hydrogens (tertiary/aromatic N) is 1. The number of carbonyl (C=O) groups is 1. The number of alkyl halides is 2. The second kappa shape index (κ2) is 7.55. The van der Waals surface area contributed by atoms with Crippen LogP contribution in [0.4, 0.5) is 14.5 Å². The van der Waals surface area contributed by atoms with Crippen LogP contribution in [0.25, 0.3) is 0 Å². The predicted octanol–water partition coefficient (Wildman–Crippen LogP) is 4.09. The van der Waals surface area contributed by atoms with Gasteiger partial charge >= 0.3 is 12.6 Å². The van der Waals surface area contributed by atoms with Gasteiger partial charge in [-0.3, -0.25) is 5.43 Å². The standard InChI is InChI=1S/C15H11ClF2N2O3/c16-13-6-3-10(7-12(13)14(21)22)20-19-8-9-1-4-11(5-2-9)23-15(17)18/h1-8,15,20H,(H,21,22). The number of benzene rings is 2. The number of hydrazone groups is 1. The van der Waals surface area contributed by atoms with Gasteiger partial charge in [0, 0.05) is 0 Å². The average molecular weight is 341 g/mol. The van der Waals surface area contributed by atoms with Gasteiger partial charge in [0.05, 0.1) is 22.5 Å². The number of hydrogen-bond donors (Lipinski definition) is 2. The minimum absolute atomic E-state index is 0.0413. The van der Waals surface area contributed by atoms with Gasteiger partial charge in [0.1, 0.15) is 5.75 Å². The SMILES string of the molecule is O=C(O)c1cc(NN=Cc2ccc(OC(F)F)cc2)ccc1Cl. The molecule has 23 heavy (non-hydrogen) atoms. The third kappa shape index (κ3) is 4.93. The summed E-state index contributed by atoms with van der Waals surface area (Å²) < 4.78 is 28.3. The predicted molar refractivity (Wildman–Crippen MR) is 82.7 cm³/mol. The fraction of sp³-hybridized carbons (Fsp3) is 0.0667. The average Bonchev–Trinajstić information content (AvgIpc) is 2.50. The highest BCUT2D eigenvalue weighted by Crippen LogP contribution is 2.20. The van der Waals surface area contributed by atoms with E-state index in [0.29, 0.717) is 11.3 Å². The van der Waals surface area contributed by atoms with Crippen molar-refractivity contribution in [3.63, 3.8) is 0 Å². The van der Waals surface area contributed by atoms with Gasteiger partial charge in [0.2, 0.25) is 0 Å². The van der Waals surface area contributed by atoms with Crippen molar-refractivity contribution in [2.45, 2.75) is 6.61 Å². The molecular weight excluding hydrogens is 330 g/mol. The van der Waals surface area contributed by atoms with Crippen molar-refractivity contribution in [2.24, 2.45) is 5.10 Å². The Morgan fingerprint density at radius 1 is 1.26 bits per heavy atom. The molecule has 5 nitrogen and oxygen atoms in total. The minimum Gasteiger partial charge on any atom is -0.478 e. The lowest BCUT2D eigenvalue weighted by Crippen LogP contribution is -2.01. The zero-order valence-electron chi connectivity index (χ0n) is 11.5. The van der Waals surface area contributed by atoms with E-state index in [1.54, 1.807) is 18.2 Å². The van der Waals surface area contributed by atoms with Gasteiger partial charge in [-0.15, -0.1) is 0 Å². The number of nitrogens with one attached hydrogen (secondary N) is 1. The van der Waals surface area contributed by atoms with E-state index in [-0.39, 0.29) is 16.3 Å². The lowest BCUT2D eigenvalue weighted by atomic mass is 10.2. The van der Waals surface area contributed by atoms with Crippen LogP contribution in [0.5, 0.6) is 5.75 Å². The van der Waals surface area contributed by atoms with Crippen LogP contribution in [0.2, 0.25) is 5.02 Å². The van der Waals surface area contributed by atoms with Crippen LogP contribution in [-0.2, 0) is 0 Å². The van der Waals surface area contributed by atoms with Crippen LogP contribution < -0.4 is 10.2 Å². The highest BCUT2D eigenvalue weighted by molar-refractivity contribution is 6.33. The lowest BCUT2D eigenvalue weighted by Gasteiger charge is -2.04. The normalized spacial score (nSPS) is 11.0. The number of ether oxygens (including phenoxy) is 1. The summed E-state index contributed by atoms with van der Waals surface area (Å²) in [5.74, 6) is -1.09. The monoisotopic (exact) mass is 340 g/mol. The Kier molecular flexibility index (Phi) is 5.48. The second-order valence-corrected chi connectivity index (χ2v) is 4.72. The molecule has 0 amide bonds.